The molecule has 3 aromatic heterocycles. The van der Waals surface area contributed by atoms with Gasteiger partial charge in [0, 0.05) is 30.2 Å². The first kappa shape index (κ1) is 25.4. The van der Waals surface area contributed by atoms with Crippen molar-refractivity contribution >= 4 is 28.6 Å². The first-order valence-electron chi connectivity index (χ1n) is 12.3. The van der Waals surface area contributed by atoms with E-state index < -0.39 is 18.3 Å². The molecule has 204 valence electrons. The summed E-state index contributed by atoms with van der Waals surface area (Å²) in [5, 5.41) is 15.5. The second-order valence-corrected chi connectivity index (χ2v) is 8.93. The summed E-state index contributed by atoms with van der Waals surface area (Å²) in [5.74, 6) is 0.0220. The van der Waals surface area contributed by atoms with Gasteiger partial charge >= 0.3 is 17.8 Å². The molecule has 0 radical (unpaired) electrons. The Balaban J connectivity index is 1.38. The van der Waals surface area contributed by atoms with E-state index in [0.717, 1.165) is 10.2 Å². The molecule has 1 saturated heterocycles. The van der Waals surface area contributed by atoms with Crippen molar-refractivity contribution in [2.45, 2.75) is 12.7 Å². The molecule has 40 heavy (non-hydrogen) atoms. The third-order valence-corrected chi connectivity index (χ3v) is 6.13. The zero-order valence-corrected chi connectivity index (χ0v) is 20.8. The third-order valence-electron chi connectivity index (χ3n) is 6.13. The molecular weight excluding hydrogens is 529 g/mol. The molecule has 0 saturated carbocycles. The Labute approximate surface area is 224 Å². The lowest BCUT2D eigenvalue weighted by atomic mass is 10.1. The summed E-state index contributed by atoms with van der Waals surface area (Å²) < 4.78 is 51.2. The minimum atomic E-state index is -4.47. The highest BCUT2D eigenvalue weighted by Gasteiger charge is 2.31. The van der Waals surface area contributed by atoms with Gasteiger partial charge in [-0.25, -0.2) is 9.97 Å². The zero-order chi connectivity index (χ0) is 27.7. The molecule has 0 spiro atoms. The maximum Gasteiger partial charge on any atom is 0.408 e. The molecule has 6 rings (SSSR count). The summed E-state index contributed by atoms with van der Waals surface area (Å²) in [4.78, 5) is 23.6. The topological polar surface area (TPSA) is 124 Å². The highest BCUT2D eigenvalue weighted by molar-refractivity contribution is 5.92. The first-order chi connectivity index (χ1) is 19.3. The van der Waals surface area contributed by atoms with Gasteiger partial charge in [-0.1, -0.05) is 53.6 Å². The number of fused-ring (bicyclic) bond motifs is 1. The molecule has 0 atom stereocenters. The molecule has 1 fully saturated rings. The second kappa shape index (κ2) is 10.4. The van der Waals surface area contributed by atoms with E-state index in [-0.39, 0.29) is 29.1 Å². The Morgan fingerprint density at radius 2 is 1.70 bits per heavy atom. The van der Waals surface area contributed by atoms with Gasteiger partial charge in [0.05, 0.1) is 24.4 Å². The fourth-order valence-corrected chi connectivity index (χ4v) is 4.37. The molecule has 1 aliphatic heterocycles. The number of hydrogen-bond donors (Lipinski definition) is 1. The molecule has 0 bridgehead atoms. The average molecular weight is 551 g/mol. The van der Waals surface area contributed by atoms with E-state index in [1.54, 1.807) is 17.0 Å². The second-order valence-electron chi connectivity index (χ2n) is 8.93. The predicted octanol–water partition coefficient (Wildman–Crippen LogP) is 4.05. The number of nitrogens with one attached hydrogen (secondary N) is 1. The van der Waals surface area contributed by atoms with Crippen LogP contribution in [-0.4, -0.2) is 62.4 Å². The van der Waals surface area contributed by atoms with Crippen LogP contribution < -0.4 is 15.8 Å². The third kappa shape index (κ3) is 5.33. The monoisotopic (exact) mass is 550 g/mol. The van der Waals surface area contributed by atoms with Crippen molar-refractivity contribution in [3.63, 3.8) is 0 Å². The van der Waals surface area contributed by atoms with E-state index in [1.165, 1.54) is 6.20 Å². The minimum absolute atomic E-state index is 0.0772. The first-order valence-corrected chi connectivity index (χ1v) is 12.3. The number of rotatable bonds is 6. The molecule has 14 heteroatoms. The van der Waals surface area contributed by atoms with E-state index in [9.17, 15) is 18.0 Å². The van der Waals surface area contributed by atoms with Gasteiger partial charge in [-0.15, -0.1) is 5.10 Å². The maximum absolute atomic E-state index is 13.1. The molecule has 1 N–H and O–H groups in total. The molecule has 2 aromatic carbocycles. The van der Waals surface area contributed by atoms with Crippen molar-refractivity contribution in [2.75, 3.05) is 36.5 Å². The van der Waals surface area contributed by atoms with E-state index in [4.69, 9.17) is 9.15 Å². The largest absolute Gasteiger partial charge is 0.408 e. The van der Waals surface area contributed by atoms with Crippen LogP contribution in [0.25, 0.3) is 33.6 Å². The summed E-state index contributed by atoms with van der Waals surface area (Å²) >= 11 is 0. The standard InChI is InChI=1S/C26H21F3N8O3/c27-26(28,29)15-37-14-18(22(35-37)36-10-12-39-13-11-36)24-33-34-25(40-24)32-21-23(38)30-19-9-5-4-8-17(19)20(31-21)16-6-2-1-3-7-16/h1-9,14H,10-13,15H2,(H,30,31,32,34,38). The van der Waals surface area contributed by atoms with Crippen LogP contribution in [0.2, 0.25) is 0 Å². The van der Waals surface area contributed by atoms with Crippen LogP contribution in [0.1, 0.15) is 0 Å². The smallest absolute Gasteiger partial charge is 0.403 e. The lowest BCUT2D eigenvalue weighted by molar-refractivity contribution is -0.142. The molecule has 0 unspecified atom stereocenters. The normalized spacial score (nSPS) is 14.0. The van der Waals surface area contributed by atoms with Crippen LogP contribution in [0, 0.1) is 0 Å². The van der Waals surface area contributed by atoms with Crippen LogP contribution in [-0.2, 0) is 11.3 Å². The quantitative estimate of drug-likeness (QED) is 0.331. The molecule has 11 nitrogen and oxygen atoms in total. The number of para-hydroxylation sites is 1. The Bertz CT molecular complexity index is 1720. The highest BCUT2D eigenvalue weighted by atomic mass is 19.4. The van der Waals surface area contributed by atoms with E-state index in [0.29, 0.717) is 42.9 Å². The Kier molecular flexibility index (Phi) is 6.59. The number of alkyl halides is 3. The van der Waals surface area contributed by atoms with Crippen LogP contribution in [0.5, 0.6) is 0 Å². The van der Waals surface area contributed by atoms with Crippen LogP contribution in [0.15, 0.2) is 70.0 Å². The number of morpholine rings is 1. The average Bonchev–Trinajstić information content (AvgIpc) is 3.55. The summed E-state index contributed by atoms with van der Waals surface area (Å²) in [6, 6.07) is 16.2. The molecular formula is C26H21F3N8O3. The lowest BCUT2D eigenvalue weighted by Gasteiger charge is -2.27. The fraction of sp³-hybridized carbons (Fsp3) is 0.231. The van der Waals surface area contributed by atoms with Crippen molar-refractivity contribution in [3.8, 4) is 22.7 Å². The van der Waals surface area contributed by atoms with Crippen molar-refractivity contribution in [2.24, 2.45) is 0 Å². The Morgan fingerprint density at radius 3 is 2.48 bits per heavy atom. The van der Waals surface area contributed by atoms with Gasteiger partial charge in [-0.05, 0) is 6.07 Å². The summed E-state index contributed by atoms with van der Waals surface area (Å²) in [6.07, 6.45) is -3.27. The summed E-state index contributed by atoms with van der Waals surface area (Å²) in [6.45, 7) is 0.378. The van der Waals surface area contributed by atoms with Gasteiger partial charge in [-0.3, -0.25) is 14.8 Å². The van der Waals surface area contributed by atoms with Crippen molar-refractivity contribution < 1.29 is 22.3 Å². The highest BCUT2D eigenvalue weighted by Crippen LogP contribution is 2.32. The zero-order valence-electron chi connectivity index (χ0n) is 20.8. The number of nitrogens with zero attached hydrogens (tertiary/aromatic N) is 7. The van der Waals surface area contributed by atoms with E-state index in [1.807, 2.05) is 42.5 Å². The fourth-order valence-electron chi connectivity index (χ4n) is 4.37. The number of halogens is 3. The van der Waals surface area contributed by atoms with E-state index in [2.05, 4.69) is 30.6 Å². The molecule has 5 aromatic rings. The van der Waals surface area contributed by atoms with Gasteiger partial charge < -0.3 is 14.1 Å². The molecule has 0 amide bonds. The van der Waals surface area contributed by atoms with E-state index >= 15 is 0 Å². The Hall–Kier alpha value is -4.85. The van der Waals surface area contributed by atoms with Crippen LogP contribution in [0.4, 0.5) is 30.8 Å². The Morgan fingerprint density at radius 1 is 0.950 bits per heavy atom. The van der Waals surface area contributed by atoms with Gasteiger partial charge in [0.1, 0.15) is 12.1 Å². The van der Waals surface area contributed by atoms with Crippen molar-refractivity contribution in [1.29, 1.82) is 0 Å². The number of ether oxygens (including phenoxy) is 1. The number of hydrogen-bond acceptors (Lipinski definition) is 10. The number of aromatic nitrogens is 6. The molecule has 4 heterocycles. The summed E-state index contributed by atoms with van der Waals surface area (Å²) in [5.41, 5.74) is 1.28. The summed E-state index contributed by atoms with van der Waals surface area (Å²) in [7, 11) is 0. The van der Waals surface area contributed by atoms with Crippen LogP contribution >= 0.6 is 0 Å². The molecule has 0 aliphatic carbocycles. The lowest BCUT2D eigenvalue weighted by Crippen LogP contribution is -2.37. The maximum atomic E-state index is 13.1. The number of benzene rings is 2. The predicted molar refractivity (Wildman–Crippen MR) is 139 cm³/mol. The van der Waals surface area contributed by atoms with Gasteiger partial charge in [-0.2, -0.15) is 18.3 Å². The van der Waals surface area contributed by atoms with Crippen molar-refractivity contribution in [3.05, 3.63) is 71.1 Å². The van der Waals surface area contributed by atoms with Crippen LogP contribution in [0.3, 0.4) is 0 Å². The van der Waals surface area contributed by atoms with Gasteiger partial charge in [0.2, 0.25) is 5.82 Å². The SMILES string of the molecule is O=c1nc2ccccc2c(-c2ccccc2)nc1Nc1nnc(-c2cn(CC(F)(F)F)nc2N2CCOCC2)o1. The van der Waals surface area contributed by atoms with Gasteiger partial charge in [0.15, 0.2) is 5.82 Å². The minimum Gasteiger partial charge on any atom is -0.403 e. The molecule has 1 aliphatic rings. The number of anilines is 3. The van der Waals surface area contributed by atoms with Crippen molar-refractivity contribution in [1.82, 2.24) is 29.9 Å². The van der Waals surface area contributed by atoms with Gasteiger partial charge in [0.25, 0.3) is 5.89 Å².